The highest BCUT2D eigenvalue weighted by molar-refractivity contribution is 5.15. The van der Waals surface area contributed by atoms with Crippen molar-refractivity contribution in [1.82, 2.24) is 0 Å². The molecule has 0 heteroatoms. The van der Waals surface area contributed by atoms with Crippen molar-refractivity contribution < 1.29 is 0 Å². The lowest BCUT2D eigenvalue weighted by Gasteiger charge is -2.21. The first-order valence-corrected chi connectivity index (χ1v) is 6.56. The van der Waals surface area contributed by atoms with Crippen LogP contribution in [0.3, 0.4) is 0 Å². The minimum absolute atomic E-state index is 0.947. The van der Waals surface area contributed by atoms with E-state index in [0.717, 1.165) is 5.92 Å². The molecular weight excluding hydrogens is 180 g/mol. The van der Waals surface area contributed by atoms with Crippen LogP contribution in [0.2, 0.25) is 0 Å². The van der Waals surface area contributed by atoms with Crippen LogP contribution in [0.4, 0.5) is 0 Å². The molecule has 0 aliphatic heterocycles. The first-order chi connectivity index (χ1) is 7.28. The molecule has 1 saturated carbocycles. The van der Waals surface area contributed by atoms with Gasteiger partial charge in [0.15, 0.2) is 0 Å². The lowest BCUT2D eigenvalue weighted by molar-refractivity contribution is 0.357. The predicted molar refractivity (Wildman–Crippen MR) is 71.1 cm³/mol. The fourth-order valence-electron chi connectivity index (χ4n) is 2.04. The molecule has 0 aromatic carbocycles. The molecule has 88 valence electrons. The monoisotopic (exact) mass is 208 g/mol. The Bertz CT molecular complexity index is 170. The van der Waals surface area contributed by atoms with Gasteiger partial charge in [0.05, 0.1) is 0 Å². The highest BCUT2D eigenvalue weighted by Crippen LogP contribution is 2.28. The van der Waals surface area contributed by atoms with Crippen molar-refractivity contribution >= 4 is 0 Å². The zero-order valence-corrected chi connectivity index (χ0v) is 10.9. The number of hydrogen-bond acceptors (Lipinski definition) is 0. The van der Waals surface area contributed by atoms with E-state index in [1.165, 1.54) is 50.5 Å². The molecule has 0 radical (unpaired) electrons. The normalized spacial score (nSPS) is 17.9. The van der Waals surface area contributed by atoms with E-state index in [-0.39, 0.29) is 0 Å². The van der Waals surface area contributed by atoms with Crippen LogP contribution in [-0.2, 0) is 0 Å². The van der Waals surface area contributed by atoms with Gasteiger partial charge in [0.1, 0.15) is 0 Å². The van der Waals surface area contributed by atoms with E-state index in [9.17, 15) is 0 Å². The van der Waals surface area contributed by atoms with Crippen LogP contribution in [0.5, 0.6) is 0 Å². The molecular formula is C15H28. The van der Waals surface area contributed by atoms with E-state index in [0.29, 0.717) is 0 Å². The summed E-state index contributed by atoms with van der Waals surface area (Å²) >= 11 is 0. The van der Waals surface area contributed by atoms with E-state index in [4.69, 9.17) is 0 Å². The summed E-state index contributed by atoms with van der Waals surface area (Å²) in [7, 11) is 0. The van der Waals surface area contributed by atoms with Gasteiger partial charge in [-0.3, -0.25) is 0 Å². The number of allylic oxidation sites excluding steroid dienone is 3. The molecule has 0 spiro atoms. The fourth-order valence-corrected chi connectivity index (χ4v) is 2.04. The molecule has 0 heterocycles. The fraction of sp³-hybridized carbons (Fsp3) is 0.733. The lowest BCUT2D eigenvalue weighted by Crippen LogP contribution is -2.06. The second-order valence-corrected chi connectivity index (χ2v) is 4.48. The van der Waals surface area contributed by atoms with Crippen LogP contribution in [0.15, 0.2) is 24.3 Å². The van der Waals surface area contributed by atoms with Crippen molar-refractivity contribution in [3.63, 3.8) is 0 Å². The minimum atomic E-state index is 0.947. The molecule has 1 rings (SSSR count). The molecule has 0 bridgehead atoms. The molecule has 0 aromatic rings. The zero-order valence-electron chi connectivity index (χ0n) is 10.9. The van der Waals surface area contributed by atoms with E-state index >= 15 is 0 Å². The van der Waals surface area contributed by atoms with Gasteiger partial charge in [-0.1, -0.05) is 76.7 Å². The van der Waals surface area contributed by atoms with Crippen molar-refractivity contribution in [1.29, 1.82) is 0 Å². The highest BCUT2D eigenvalue weighted by atomic mass is 14.2. The lowest BCUT2D eigenvalue weighted by atomic mass is 9.85. The van der Waals surface area contributed by atoms with Gasteiger partial charge in [-0.15, -0.1) is 0 Å². The first-order valence-electron chi connectivity index (χ1n) is 6.56. The predicted octanol–water partition coefficient (Wildman–Crippen LogP) is 5.51. The Morgan fingerprint density at radius 1 is 1.20 bits per heavy atom. The van der Waals surface area contributed by atoms with Crippen LogP contribution < -0.4 is 0 Å². The van der Waals surface area contributed by atoms with E-state index in [2.05, 4.69) is 33.4 Å². The third kappa shape index (κ3) is 7.41. The molecule has 0 nitrogen and oxygen atoms in total. The number of rotatable bonds is 3. The van der Waals surface area contributed by atoms with Gasteiger partial charge >= 0.3 is 0 Å². The van der Waals surface area contributed by atoms with E-state index in [1.807, 2.05) is 6.08 Å². The Kier molecular flexibility index (Phi) is 9.67. The van der Waals surface area contributed by atoms with Crippen LogP contribution in [0.25, 0.3) is 0 Å². The van der Waals surface area contributed by atoms with Gasteiger partial charge < -0.3 is 0 Å². The van der Waals surface area contributed by atoms with E-state index in [1.54, 1.807) is 0 Å². The second kappa shape index (κ2) is 10.0. The SMILES string of the molecule is C=C/C(=C\C)CC1CCCCC1.CCC. The summed E-state index contributed by atoms with van der Waals surface area (Å²) in [5.41, 5.74) is 1.43. The molecule has 15 heavy (non-hydrogen) atoms. The molecule has 0 amide bonds. The van der Waals surface area contributed by atoms with Crippen molar-refractivity contribution in [2.24, 2.45) is 5.92 Å². The van der Waals surface area contributed by atoms with Crippen LogP contribution in [0.1, 0.15) is 65.7 Å². The van der Waals surface area contributed by atoms with Gasteiger partial charge in [-0.05, 0) is 19.3 Å². The van der Waals surface area contributed by atoms with Gasteiger partial charge in [0.25, 0.3) is 0 Å². The van der Waals surface area contributed by atoms with Crippen molar-refractivity contribution in [2.45, 2.75) is 65.7 Å². The zero-order chi connectivity index (χ0) is 11.5. The van der Waals surface area contributed by atoms with E-state index < -0.39 is 0 Å². The average molecular weight is 208 g/mol. The molecule has 1 fully saturated rings. The Morgan fingerprint density at radius 2 is 1.73 bits per heavy atom. The largest absolute Gasteiger partial charge is 0.0988 e. The second-order valence-electron chi connectivity index (χ2n) is 4.48. The summed E-state index contributed by atoms with van der Waals surface area (Å²) < 4.78 is 0. The smallest absolute Gasteiger partial charge is 0.0254 e. The van der Waals surface area contributed by atoms with Crippen LogP contribution in [-0.4, -0.2) is 0 Å². The maximum atomic E-state index is 3.83. The molecule has 0 atom stereocenters. The van der Waals surface area contributed by atoms with Gasteiger partial charge in [-0.2, -0.15) is 0 Å². The first kappa shape index (κ1) is 14.5. The van der Waals surface area contributed by atoms with Crippen molar-refractivity contribution in [3.05, 3.63) is 24.3 Å². The maximum absolute atomic E-state index is 3.83. The third-order valence-electron chi connectivity index (χ3n) is 2.88. The highest BCUT2D eigenvalue weighted by Gasteiger charge is 2.13. The standard InChI is InChI=1S/C12H20.C3H8/c1-3-11(4-2)10-12-8-6-5-7-9-12;1-3-2/h3-4,12H,1,5-10H2,2H3;3H2,1-2H3/b11-4+;. The molecule has 0 unspecified atom stereocenters. The van der Waals surface area contributed by atoms with Gasteiger partial charge in [0, 0.05) is 0 Å². The molecule has 0 saturated heterocycles. The summed E-state index contributed by atoms with van der Waals surface area (Å²) in [5, 5.41) is 0. The summed E-state index contributed by atoms with van der Waals surface area (Å²) in [4.78, 5) is 0. The average Bonchev–Trinajstić information content (AvgIpc) is 2.28. The van der Waals surface area contributed by atoms with Crippen LogP contribution in [0, 0.1) is 5.92 Å². The van der Waals surface area contributed by atoms with Crippen molar-refractivity contribution in [2.75, 3.05) is 0 Å². The van der Waals surface area contributed by atoms with Gasteiger partial charge in [0.2, 0.25) is 0 Å². The molecule has 1 aliphatic rings. The molecule has 0 N–H and O–H groups in total. The van der Waals surface area contributed by atoms with Crippen molar-refractivity contribution in [3.8, 4) is 0 Å². The summed E-state index contributed by atoms with van der Waals surface area (Å²) in [6.45, 7) is 10.2. The summed E-state index contributed by atoms with van der Waals surface area (Å²) in [5.74, 6) is 0.947. The maximum Gasteiger partial charge on any atom is -0.0254 e. The minimum Gasteiger partial charge on any atom is -0.0988 e. The summed E-state index contributed by atoms with van der Waals surface area (Å²) in [6, 6.07) is 0. The Labute approximate surface area is 96.5 Å². The summed E-state index contributed by atoms with van der Waals surface area (Å²) in [6.07, 6.45) is 13.9. The quantitative estimate of drug-likeness (QED) is 0.537. The van der Waals surface area contributed by atoms with Crippen LogP contribution >= 0.6 is 0 Å². The molecule has 0 aromatic heterocycles. The third-order valence-corrected chi connectivity index (χ3v) is 2.88. The number of hydrogen-bond donors (Lipinski definition) is 0. The molecule has 1 aliphatic carbocycles. The van der Waals surface area contributed by atoms with Gasteiger partial charge in [-0.25, -0.2) is 0 Å². The Morgan fingerprint density at radius 3 is 2.13 bits per heavy atom. The Hall–Kier alpha value is -0.520. The Balaban J connectivity index is 0.000000583. The topological polar surface area (TPSA) is 0 Å².